The Balaban J connectivity index is 1.77. The molecule has 1 aliphatic heterocycles. The van der Waals surface area contributed by atoms with E-state index in [0.29, 0.717) is 18.8 Å². The largest absolute Gasteiger partial charge is 0.508 e. The summed E-state index contributed by atoms with van der Waals surface area (Å²) in [7, 11) is 0. The summed E-state index contributed by atoms with van der Waals surface area (Å²) >= 11 is 0. The molecule has 5 nitrogen and oxygen atoms in total. The quantitative estimate of drug-likeness (QED) is 0.914. The highest BCUT2D eigenvalue weighted by Crippen LogP contribution is 2.27. The highest BCUT2D eigenvalue weighted by molar-refractivity contribution is 5.47. The molecule has 3 rings (SSSR count). The van der Waals surface area contributed by atoms with E-state index in [-0.39, 0.29) is 11.9 Å². The van der Waals surface area contributed by atoms with E-state index in [1.54, 1.807) is 24.4 Å². The number of morpholine rings is 1. The van der Waals surface area contributed by atoms with Crippen LogP contribution >= 0.6 is 0 Å². The van der Waals surface area contributed by atoms with E-state index in [0.717, 1.165) is 17.8 Å². The summed E-state index contributed by atoms with van der Waals surface area (Å²) in [4.78, 5) is 6.27. The number of phenolic OH excluding ortho intramolecular Hbond substituents is 1. The minimum absolute atomic E-state index is 0.0820. The summed E-state index contributed by atoms with van der Waals surface area (Å²) in [5.74, 6) is 0.244. The lowest BCUT2D eigenvalue weighted by molar-refractivity contribution is 0.0396. The second-order valence-electron chi connectivity index (χ2n) is 4.91. The molecule has 1 saturated heterocycles. The summed E-state index contributed by atoms with van der Waals surface area (Å²) in [6, 6.07) is 12.8. The van der Waals surface area contributed by atoms with Crippen LogP contribution in [0.4, 0.5) is 5.69 Å². The van der Waals surface area contributed by atoms with Gasteiger partial charge >= 0.3 is 0 Å². The van der Waals surface area contributed by atoms with Crippen molar-refractivity contribution in [2.24, 2.45) is 0 Å². The van der Waals surface area contributed by atoms with Crippen molar-refractivity contribution in [3.63, 3.8) is 0 Å². The molecule has 1 aromatic carbocycles. The normalized spacial score (nSPS) is 18.2. The minimum Gasteiger partial charge on any atom is -0.508 e. The molecule has 1 fully saturated rings. The minimum atomic E-state index is -0.0820. The molecular formula is C16H15N3O2. The zero-order valence-corrected chi connectivity index (χ0v) is 11.4. The zero-order valence-electron chi connectivity index (χ0n) is 11.4. The molecule has 2 heterocycles. The monoisotopic (exact) mass is 281 g/mol. The fourth-order valence-electron chi connectivity index (χ4n) is 2.45. The molecule has 106 valence electrons. The molecule has 21 heavy (non-hydrogen) atoms. The van der Waals surface area contributed by atoms with E-state index in [9.17, 15) is 5.11 Å². The standard InChI is InChI=1S/C16H15N3O2/c17-9-13-4-5-14(10-18-13)19-6-7-21-16(11-19)12-2-1-3-15(20)8-12/h1-5,8,10,16,20H,6-7,11H2/t16-/m1/s1. The lowest BCUT2D eigenvalue weighted by Gasteiger charge is -2.34. The number of aromatic hydroxyl groups is 1. The van der Waals surface area contributed by atoms with E-state index in [4.69, 9.17) is 10.00 Å². The number of rotatable bonds is 2. The van der Waals surface area contributed by atoms with Gasteiger partial charge in [0.25, 0.3) is 0 Å². The number of nitrogens with zero attached hydrogens (tertiary/aromatic N) is 3. The Bertz CT molecular complexity index is 664. The van der Waals surface area contributed by atoms with Crippen molar-refractivity contribution in [1.82, 2.24) is 4.98 Å². The molecule has 5 heteroatoms. The van der Waals surface area contributed by atoms with Gasteiger partial charge in [-0.1, -0.05) is 12.1 Å². The van der Waals surface area contributed by atoms with Crippen LogP contribution in [0.3, 0.4) is 0 Å². The van der Waals surface area contributed by atoms with Crippen LogP contribution in [0.2, 0.25) is 0 Å². The number of pyridine rings is 1. The smallest absolute Gasteiger partial charge is 0.140 e. The number of ether oxygens (including phenoxy) is 1. The van der Waals surface area contributed by atoms with Gasteiger partial charge in [-0.3, -0.25) is 0 Å². The predicted octanol–water partition coefficient (Wildman–Crippen LogP) is 2.24. The number of phenols is 1. The number of anilines is 1. The first-order valence-corrected chi connectivity index (χ1v) is 6.78. The molecular weight excluding hydrogens is 266 g/mol. The molecule has 1 aliphatic rings. The van der Waals surface area contributed by atoms with Gasteiger partial charge < -0.3 is 14.7 Å². The zero-order chi connectivity index (χ0) is 14.7. The second kappa shape index (κ2) is 5.81. The maximum atomic E-state index is 9.57. The van der Waals surface area contributed by atoms with Crippen molar-refractivity contribution in [3.8, 4) is 11.8 Å². The number of hydrogen-bond donors (Lipinski definition) is 1. The predicted molar refractivity (Wildman–Crippen MR) is 78.0 cm³/mol. The van der Waals surface area contributed by atoms with Gasteiger partial charge in [-0.2, -0.15) is 5.26 Å². The average Bonchev–Trinajstić information content (AvgIpc) is 2.55. The topological polar surface area (TPSA) is 69.4 Å². The molecule has 1 N–H and O–H groups in total. The maximum Gasteiger partial charge on any atom is 0.140 e. The highest BCUT2D eigenvalue weighted by Gasteiger charge is 2.22. The van der Waals surface area contributed by atoms with Crippen LogP contribution in [0.25, 0.3) is 0 Å². The Hall–Kier alpha value is -2.58. The maximum absolute atomic E-state index is 9.57. The summed E-state index contributed by atoms with van der Waals surface area (Å²) in [5, 5.41) is 18.4. The van der Waals surface area contributed by atoms with Crippen molar-refractivity contribution in [3.05, 3.63) is 53.9 Å². The summed E-state index contributed by atoms with van der Waals surface area (Å²) < 4.78 is 5.79. The van der Waals surface area contributed by atoms with Crippen LogP contribution < -0.4 is 4.90 Å². The van der Waals surface area contributed by atoms with Crippen LogP contribution in [-0.2, 0) is 4.74 Å². The van der Waals surface area contributed by atoms with Crippen molar-refractivity contribution in [1.29, 1.82) is 5.26 Å². The van der Waals surface area contributed by atoms with Gasteiger partial charge in [0.05, 0.1) is 18.5 Å². The van der Waals surface area contributed by atoms with Gasteiger partial charge in [0.15, 0.2) is 0 Å². The van der Waals surface area contributed by atoms with Crippen LogP contribution in [-0.4, -0.2) is 29.8 Å². The van der Waals surface area contributed by atoms with Crippen molar-refractivity contribution < 1.29 is 9.84 Å². The van der Waals surface area contributed by atoms with Gasteiger partial charge in [-0.15, -0.1) is 0 Å². The van der Waals surface area contributed by atoms with Gasteiger partial charge in [0.1, 0.15) is 23.6 Å². The Morgan fingerprint density at radius 3 is 2.95 bits per heavy atom. The van der Waals surface area contributed by atoms with Gasteiger partial charge in [0.2, 0.25) is 0 Å². The number of aromatic nitrogens is 1. The molecule has 0 amide bonds. The number of nitriles is 1. The third-order valence-electron chi connectivity index (χ3n) is 3.54. The van der Waals surface area contributed by atoms with E-state index in [1.165, 1.54) is 0 Å². The van der Waals surface area contributed by atoms with Gasteiger partial charge in [-0.25, -0.2) is 4.98 Å². The molecule has 1 aromatic heterocycles. The Morgan fingerprint density at radius 1 is 1.33 bits per heavy atom. The summed E-state index contributed by atoms with van der Waals surface area (Å²) in [6.07, 6.45) is 1.63. The van der Waals surface area contributed by atoms with E-state index in [1.807, 2.05) is 24.3 Å². The molecule has 0 radical (unpaired) electrons. The van der Waals surface area contributed by atoms with Crippen molar-refractivity contribution in [2.75, 3.05) is 24.6 Å². The molecule has 0 unspecified atom stereocenters. The van der Waals surface area contributed by atoms with Crippen LogP contribution in [0.15, 0.2) is 42.6 Å². The fraction of sp³-hybridized carbons (Fsp3) is 0.250. The molecule has 0 aliphatic carbocycles. The van der Waals surface area contributed by atoms with E-state index >= 15 is 0 Å². The average molecular weight is 281 g/mol. The lowest BCUT2D eigenvalue weighted by Crippen LogP contribution is -2.38. The number of benzene rings is 1. The first kappa shape index (κ1) is 13.4. The lowest BCUT2D eigenvalue weighted by atomic mass is 10.1. The van der Waals surface area contributed by atoms with Crippen molar-refractivity contribution in [2.45, 2.75) is 6.10 Å². The van der Waals surface area contributed by atoms with Crippen LogP contribution in [0.1, 0.15) is 17.4 Å². The number of hydrogen-bond acceptors (Lipinski definition) is 5. The van der Waals surface area contributed by atoms with Gasteiger partial charge in [0, 0.05) is 13.1 Å². The molecule has 0 bridgehead atoms. The van der Waals surface area contributed by atoms with Gasteiger partial charge in [-0.05, 0) is 29.8 Å². The third kappa shape index (κ3) is 2.96. The van der Waals surface area contributed by atoms with E-state index < -0.39 is 0 Å². The Morgan fingerprint density at radius 2 is 2.24 bits per heavy atom. The molecule has 2 aromatic rings. The molecule has 1 atom stereocenters. The highest BCUT2D eigenvalue weighted by atomic mass is 16.5. The Labute approximate surface area is 123 Å². The SMILES string of the molecule is N#Cc1ccc(N2CCO[C@@H](c3cccc(O)c3)C2)cn1. The Kier molecular flexibility index (Phi) is 3.71. The summed E-state index contributed by atoms with van der Waals surface area (Å²) in [5.41, 5.74) is 2.35. The van der Waals surface area contributed by atoms with Crippen LogP contribution in [0.5, 0.6) is 5.75 Å². The molecule has 0 saturated carbocycles. The van der Waals surface area contributed by atoms with Crippen molar-refractivity contribution >= 4 is 5.69 Å². The fourth-order valence-corrected chi connectivity index (χ4v) is 2.45. The first-order valence-electron chi connectivity index (χ1n) is 6.78. The second-order valence-corrected chi connectivity index (χ2v) is 4.91. The van der Waals surface area contributed by atoms with E-state index in [2.05, 4.69) is 9.88 Å². The van der Waals surface area contributed by atoms with Crippen LogP contribution in [0, 0.1) is 11.3 Å². The first-order chi connectivity index (χ1) is 10.3. The summed E-state index contributed by atoms with van der Waals surface area (Å²) in [6.45, 7) is 2.08. The molecule has 0 spiro atoms. The third-order valence-corrected chi connectivity index (χ3v) is 3.54.